The Morgan fingerprint density at radius 2 is 1.63 bits per heavy atom. The molecule has 0 aliphatic carbocycles. The normalized spacial score (nSPS) is 13.2. The maximum atomic E-state index is 12.8. The van der Waals surface area contributed by atoms with Crippen molar-refractivity contribution in [3.8, 4) is 0 Å². The quantitative estimate of drug-likeness (QED) is 0.655. The molecule has 0 spiro atoms. The fraction of sp³-hybridized carbons (Fsp3) is 0.261. The summed E-state index contributed by atoms with van der Waals surface area (Å²) in [5.74, 6) is 0.709. The van der Waals surface area contributed by atoms with E-state index in [1.54, 1.807) is 6.26 Å². The van der Waals surface area contributed by atoms with Crippen molar-refractivity contribution in [2.24, 2.45) is 0 Å². The second-order valence-electron chi connectivity index (χ2n) is 7.01. The Labute approximate surface area is 160 Å². The zero-order chi connectivity index (χ0) is 19.4. The summed E-state index contributed by atoms with van der Waals surface area (Å²) in [7, 11) is 0. The average Bonchev–Trinajstić information content (AvgIpc) is 3.17. The minimum Gasteiger partial charge on any atom is -0.467 e. The number of carbonyl (C=O) groups is 1. The van der Waals surface area contributed by atoms with Crippen LogP contribution in [-0.2, 0) is 4.79 Å². The number of benzene rings is 2. The number of anilines is 1. The molecule has 4 heteroatoms. The van der Waals surface area contributed by atoms with Crippen LogP contribution in [0.3, 0.4) is 0 Å². The Kier molecular flexibility index (Phi) is 5.77. The Morgan fingerprint density at radius 3 is 2.22 bits per heavy atom. The smallest absolute Gasteiger partial charge is 0.241 e. The zero-order valence-corrected chi connectivity index (χ0v) is 16.2. The maximum absolute atomic E-state index is 12.8. The van der Waals surface area contributed by atoms with E-state index in [0.29, 0.717) is 0 Å². The highest BCUT2D eigenvalue weighted by atomic mass is 16.3. The van der Waals surface area contributed by atoms with E-state index in [2.05, 4.69) is 29.7 Å². The van der Waals surface area contributed by atoms with Crippen molar-refractivity contribution >= 4 is 11.6 Å². The molecule has 0 aliphatic rings. The van der Waals surface area contributed by atoms with Crippen molar-refractivity contribution in [3.63, 3.8) is 0 Å². The van der Waals surface area contributed by atoms with Crippen LogP contribution in [0.25, 0.3) is 0 Å². The van der Waals surface area contributed by atoms with E-state index in [1.165, 1.54) is 5.56 Å². The molecular formula is C23H26N2O2. The van der Waals surface area contributed by atoms with Gasteiger partial charge in [0.05, 0.1) is 18.3 Å². The first-order chi connectivity index (χ1) is 13.0. The Bertz CT molecular complexity index is 878. The van der Waals surface area contributed by atoms with E-state index in [-0.39, 0.29) is 11.9 Å². The second-order valence-corrected chi connectivity index (χ2v) is 7.01. The molecule has 2 N–H and O–H groups in total. The summed E-state index contributed by atoms with van der Waals surface area (Å²) in [4.78, 5) is 12.8. The van der Waals surface area contributed by atoms with E-state index in [4.69, 9.17) is 4.42 Å². The zero-order valence-electron chi connectivity index (χ0n) is 16.2. The van der Waals surface area contributed by atoms with Gasteiger partial charge < -0.3 is 9.73 Å². The van der Waals surface area contributed by atoms with E-state index in [1.807, 2.05) is 63.2 Å². The highest BCUT2D eigenvalue weighted by molar-refractivity contribution is 5.96. The summed E-state index contributed by atoms with van der Waals surface area (Å²) in [6.07, 6.45) is 1.65. The predicted molar refractivity (Wildman–Crippen MR) is 109 cm³/mol. The van der Waals surface area contributed by atoms with Gasteiger partial charge in [0.1, 0.15) is 5.76 Å². The lowest BCUT2D eigenvalue weighted by Crippen LogP contribution is -2.40. The standard InChI is InChI=1S/C23H26N2O2/c1-15-13-16(2)21(17(3)14-15)25-23(26)18(4)24-22(20-11-8-12-27-20)19-9-6-5-7-10-19/h5-14,18,22,24H,1-4H3,(H,25,26)/t18-,22+/m0/s1. The molecule has 3 rings (SSSR count). The van der Waals surface area contributed by atoms with E-state index >= 15 is 0 Å². The highest BCUT2D eigenvalue weighted by Crippen LogP contribution is 2.24. The molecule has 2 atom stereocenters. The van der Waals surface area contributed by atoms with E-state index in [0.717, 1.165) is 28.1 Å². The summed E-state index contributed by atoms with van der Waals surface area (Å²) >= 11 is 0. The molecular weight excluding hydrogens is 336 g/mol. The predicted octanol–water partition coefficient (Wildman–Crippen LogP) is 4.91. The Balaban J connectivity index is 1.78. The van der Waals surface area contributed by atoms with E-state index in [9.17, 15) is 4.79 Å². The van der Waals surface area contributed by atoms with Crippen LogP contribution >= 0.6 is 0 Å². The summed E-state index contributed by atoms with van der Waals surface area (Å²) < 4.78 is 5.61. The number of rotatable bonds is 6. The summed E-state index contributed by atoms with van der Waals surface area (Å²) in [5, 5.41) is 6.48. The van der Waals surface area contributed by atoms with Gasteiger partial charge in [0.2, 0.25) is 5.91 Å². The molecule has 0 saturated heterocycles. The van der Waals surface area contributed by atoms with Gasteiger partial charge in [0.15, 0.2) is 0 Å². The summed E-state index contributed by atoms with van der Waals surface area (Å²) in [5.41, 5.74) is 5.26. The maximum Gasteiger partial charge on any atom is 0.241 e. The molecule has 0 radical (unpaired) electrons. The third-order valence-corrected chi connectivity index (χ3v) is 4.70. The third-order valence-electron chi connectivity index (χ3n) is 4.70. The average molecular weight is 362 g/mol. The van der Waals surface area contributed by atoms with Crippen LogP contribution in [-0.4, -0.2) is 11.9 Å². The first kappa shape index (κ1) is 18.9. The number of aryl methyl sites for hydroxylation is 3. The Morgan fingerprint density at radius 1 is 0.963 bits per heavy atom. The van der Waals surface area contributed by atoms with Crippen molar-refractivity contribution in [2.75, 3.05) is 5.32 Å². The topological polar surface area (TPSA) is 54.3 Å². The lowest BCUT2D eigenvalue weighted by molar-refractivity contribution is -0.117. The summed E-state index contributed by atoms with van der Waals surface area (Å²) in [6, 6.07) is 17.3. The SMILES string of the molecule is Cc1cc(C)c(NC(=O)[C@H](C)N[C@H](c2ccccc2)c2ccco2)c(C)c1. The first-order valence-electron chi connectivity index (χ1n) is 9.19. The number of hydrogen-bond donors (Lipinski definition) is 2. The molecule has 4 nitrogen and oxygen atoms in total. The molecule has 0 bridgehead atoms. The number of hydrogen-bond acceptors (Lipinski definition) is 3. The minimum absolute atomic E-state index is 0.0717. The van der Waals surface area contributed by atoms with Crippen LogP contribution in [0.15, 0.2) is 65.3 Å². The van der Waals surface area contributed by atoms with Crippen molar-refractivity contribution in [2.45, 2.75) is 39.8 Å². The molecule has 140 valence electrons. The lowest BCUT2D eigenvalue weighted by atomic mass is 10.0. The first-order valence-corrected chi connectivity index (χ1v) is 9.19. The third kappa shape index (κ3) is 4.47. The molecule has 0 saturated carbocycles. The van der Waals surface area contributed by atoms with Gasteiger partial charge in [-0.25, -0.2) is 0 Å². The molecule has 1 amide bonds. The fourth-order valence-corrected chi connectivity index (χ4v) is 3.38. The largest absolute Gasteiger partial charge is 0.467 e. The molecule has 1 heterocycles. The van der Waals surface area contributed by atoms with Crippen molar-refractivity contribution in [1.82, 2.24) is 5.32 Å². The van der Waals surface area contributed by atoms with Crippen LogP contribution < -0.4 is 10.6 Å². The van der Waals surface area contributed by atoms with Crippen LogP contribution in [0.1, 0.15) is 41.0 Å². The van der Waals surface area contributed by atoms with Gasteiger partial charge in [-0.05, 0) is 56.5 Å². The van der Waals surface area contributed by atoms with Gasteiger partial charge in [-0.2, -0.15) is 0 Å². The monoisotopic (exact) mass is 362 g/mol. The number of furan rings is 1. The second kappa shape index (κ2) is 8.23. The Hall–Kier alpha value is -2.85. The molecule has 27 heavy (non-hydrogen) atoms. The molecule has 1 aromatic heterocycles. The number of nitrogens with one attached hydrogen (secondary N) is 2. The van der Waals surface area contributed by atoms with Crippen molar-refractivity contribution < 1.29 is 9.21 Å². The molecule has 0 fully saturated rings. The minimum atomic E-state index is -0.402. The van der Waals surface area contributed by atoms with Crippen LogP contribution in [0, 0.1) is 20.8 Å². The van der Waals surface area contributed by atoms with Gasteiger partial charge >= 0.3 is 0 Å². The molecule has 0 unspecified atom stereocenters. The van der Waals surface area contributed by atoms with Gasteiger partial charge in [0, 0.05) is 5.69 Å². The van der Waals surface area contributed by atoms with Crippen LogP contribution in [0.5, 0.6) is 0 Å². The van der Waals surface area contributed by atoms with E-state index < -0.39 is 6.04 Å². The van der Waals surface area contributed by atoms with Crippen molar-refractivity contribution in [3.05, 3.63) is 88.9 Å². The summed E-state index contributed by atoms with van der Waals surface area (Å²) in [6.45, 7) is 7.96. The van der Waals surface area contributed by atoms with Gasteiger partial charge in [0.25, 0.3) is 0 Å². The highest BCUT2D eigenvalue weighted by Gasteiger charge is 2.23. The number of carbonyl (C=O) groups excluding carboxylic acids is 1. The van der Waals surface area contributed by atoms with Crippen molar-refractivity contribution in [1.29, 1.82) is 0 Å². The fourth-order valence-electron chi connectivity index (χ4n) is 3.38. The molecule has 2 aromatic carbocycles. The van der Waals surface area contributed by atoms with Gasteiger partial charge in [-0.1, -0.05) is 48.0 Å². The van der Waals surface area contributed by atoms with Gasteiger partial charge in [-0.15, -0.1) is 0 Å². The van der Waals surface area contributed by atoms with Crippen LogP contribution in [0.4, 0.5) is 5.69 Å². The molecule has 3 aromatic rings. The van der Waals surface area contributed by atoms with Gasteiger partial charge in [-0.3, -0.25) is 10.1 Å². The number of amides is 1. The lowest BCUT2D eigenvalue weighted by Gasteiger charge is -2.23. The molecule has 0 aliphatic heterocycles. The van der Waals surface area contributed by atoms with Crippen LogP contribution in [0.2, 0.25) is 0 Å².